The molecule has 0 bridgehead atoms. The lowest BCUT2D eigenvalue weighted by Gasteiger charge is -2.21. The Hall–Kier alpha value is -1.94. The van der Waals surface area contributed by atoms with Crippen LogP contribution in [-0.4, -0.2) is 96.7 Å². The summed E-state index contributed by atoms with van der Waals surface area (Å²) in [5.74, 6) is -1.36. The molecule has 0 fully saturated rings. The Kier molecular flexibility index (Phi) is 83.0. The summed E-state index contributed by atoms with van der Waals surface area (Å²) < 4.78 is 69.1. The number of carbonyl (C=O) groups is 4. The molecule has 0 saturated heterocycles. The monoisotopic (exact) mass is 1620 g/mol. The quantitative estimate of drug-likeness (QED) is 0.0222. The Morgan fingerprint density at radius 1 is 0.252 bits per heavy atom. The van der Waals surface area contributed by atoms with Gasteiger partial charge in [0.25, 0.3) is 0 Å². The number of esters is 4. The smallest absolute Gasteiger partial charge is 0.462 e. The first kappa shape index (κ1) is 109. The molecule has 660 valence electrons. The van der Waals surface area contributed by atoms with E-state index in [0.29, 0.717) is 25.7 Å². The van der Waals surface area contributed by atoms with Crippen molar-refractivity contribution in [2.75, 3.05) is 39.6 Å². The van der Waals surface area contributed by atoms with E-state index < -0.39 is 97.5 Å². The molecule has 0 aliphatic carbocycles. The number of aliphatic hydroxyl groups is 1. The Balaban J connectivity index is 5.21. The molecule has 0 aliphatic rings. The van der Waals surface area contributed by atoms with Crippen LogP contribution in [0.2, 0.25) is 0 Å². The molecule has 0 saturated carbocycles. The maximum absolute atomic E-state index is 13.2. The normalized spacial score (nSPS) is 13.9. The lowest BCUT2D eigenvalue weighted by Crippen LogP contribution is -2.30. The molecule has 17 nitrogen and oxygen atoms in total. The molecule has 0 rings (SSSR count). The van der Waals surface area contributed by atoms with Crippen LogP contribution >= 0.6 is 15.6 Å². The fourth-order valence-corrected chi connectivity index (χ4v) is 16.1. The molecule has 0 aromatic rings. The minimum atomic E-state index is -4.97. The van der Waals surface area contributed by atoms with Crippen molar-refractivity contribution in [1.82, 2.24) is 0 Å². The molecule has 0 aliphatic heterocycles. The minimum absolute atomic E-state index is 0.108. The van der Waals surface area contributed by atoms with Gasteiger partial charge in [0.1, 0.15) is 19.3 Å². The summed E-state index contributed by atoms with van der Waals surface area (Å²) in [4.78, 5) is 73.4. The second-order valence-corrected chi connectivity index (χ2v) is 36.2. The van der Waals surface area contributed by atoms with E-state index in [1.807, 2.05) is 0 Å². The highest BCUT2D eigenvalue weighted by Gasteiger charge is 2.31. The zero-order chi connectivity index (χ0) is 81.1. The van der Waals surface area contributed by atoms with E-state index >= 15 is 0 Å². The van der Waals surface area contributed by atoms with Crippen molar-refractivity contribution >= 4 is 39.5 Å². The van der Waals surface area contributed by atoms with Gasteiger partial charge in [-0.15, -0.1) is 0 Å². The third-order valence-electron chi connectivity index (χ3n) is 22.1. The van der Waals surface area contributed by atoms with Gasteiger partial charge < -0.3 is 33.8 Å². The van der Waals surface area contributed by atoms with E-state index in [1.165, 1.54) is 321 Å². The molecule has 0 aromatic heterocycles. The van der Waals surface area contributed by atoms with Crippen LogP contribution < -0.4 is 0 Å². The molecule has 0 amide bonds. The van der Waals surface area contributed by atoms with Crippen molar-refractivity contribution in [1.29, 1.82) is 0 Å². The Morgan fingerprint density at radius 3 is 0.640 bits per heavy atom. The topological polar surface area (TPSA) is 237 Å². The largest absolute Gasteiger partial charge is 0.472 e. The van der Waals surface area contributed by atoms with Crippen molar-refractivity contribution in [3.05, 3.63) is 0 Å². The predicted molar refractivity (Wildman–Crippen MR) is 460 cm³/mol. The molecule has 0 aromatic carbocycles. The number of unbranched alkanes of at least 4 members (excludes halogenated alkanes) is 63. The highest BCUT2D eigenvalue weighted by atomic mass is 31.2. The lowest BCUT2D eigenvalue weighted by atomic mass is 10.00. The summed E-state index contributed by atoms with van der Waals surface area (Å²) in [5, 5.41) is 10.7. The first-order valence-corrected chi connectivity index (χ1v) is 50.7. The number of ether oxygens (including phenoxy) is 4. The second kappa shape index (κ2) is 84.5. The summed E-state index contributed by atoms with van der Waals surface area (Å²) in [6.07, 6.45) is 80.9. The van der Waals surface area contributed by atoms with Gasteiger partial charge in [-0.3, -0.25) is 37.3 Å². The lowest BCUT2D eigenvalue weighted by molar-refractivity contribution is -0.161. The first-order valence-electron chi connectivity index (χ1n) is 47.7. The Labute approximate surface area is 683 Å². The van der Waals surface area contributed by atoms with Crippen LogP contribution in [0.1, 0.15) is 503 Å². The van der Waals surface area contributed by atoms with Crippen LogP contribution in [0, 0.1) is 5.92 Å². The Morgan fingerprint density at radius 2 is 0.432 bits per heavy atom. The molecule has 3 N–H and O–H groups in total. The zero-order valence-corrected chi connectivity index (χ0v) is 74.9. The predicted octanol–water partition coefficient (Wildman–Crippen LogP) is 28.7. The molecule has 0 heterocycles. The summed E-state index contributed by atoms with van der Waals surface area (Å²) in [7, 11) is -9.94. The third kappa shape index (κ3) is 84.3. The second-order valence-electron chi connectivity index (χ2n) is 33.3. The van der Waals surface area contributed by atoms with E-state index in [2.05, 4.69) is 34.6 Å². The molecule has 3 unspecified atom stereocenters. The number of aliphatic hydroxyl groups excluding tert-OH is 1. The van der Waals surface area contributed by atoms with Gasteiger partial charge in [-0.1, -0.05) is 452 Å². The van der Waals surface area contributed by atoms with Crippen LogP contribution in [0.15, 0.2) is 0 Å². The van der Waals surface area contributed by atoms with Gasteiger partial charge >= 0.3 is 39.5 Å². The third-order valence-corrected chi connectivity index (χ3v) is 24.0. The van der Waals surface area contributed by atoms with Crippen molar-refractivity contribution in [3.63, 3.8) is 0 Å². The van der Waals surface area contributed by atoms with Crippen LogP contribution in [0.3, 0.4) is 0 Å². The standard InChI is InChI=1S/C92H180O17P2/c1-6-10-13-16-19-22-25-28-31-34-37-39-42-44-47-50-53-56-59-65-70-75-89(94)102-81-87(108-91(96)77-72-67-61-58-55-52-49-46-43-40-38-35-32-29-26-23-20-17-14-11-7-2)83-106-110(98,99)104-79-86(93)80-105-111(100,101)107-84-88(82-103-90(95)76-71-66-63-62-64-69-74-85(5)9-4)109-92(97)78-73-68-60-57-54-51-48-45-41-36-33-30-27-24-21-18-15-12-8-3/h85-88,93H,6-84H2,1-5H3,(H,98,99)(H,100,101)/t85?,86-,87-,88-/m1/s1. The van der Waals surface area contributed by atoms with Gasteiger partial charge in [-0.2, -0.15) is 0 Å². The maximum Gasteiger partial charge on any atom is 0.472 e. The fourth-order valence-electron chi connectivity index (χ4n) is 14.5. The van der Waals surface area contributed by atoms with Crippen LogP contribution in [0.25, 0.3) is 0 Å². The van der Waals surface area contributed by atoms with Crippen molar-refractivity contribution in [2.24, 2.45) is 5.92 Å². The maximum atomic E-state index is 13.2. The number of rotatable bonds is 92. The van der Waals surface area contributed by atoms with Crippen LogP contribution in [0.4, 0.5) is 0 Å². The highest BCUT2D eigenvalue weighted by Crippen LogP contribution is 2.45. The molecule has 6 atom stereocenters. The van der Waals surface area contributed by atoms with Gasteiger partial charge in [-0.25, -0.2) is 9.13 Å². The first-order chi connectivity index (χ1) is 54.1. The summed E-state index contributed by atoms with van der Waals surface area (Å²) in [6.45, 7) is 7.36. The van der Waals surface area contributed by atoms with Gasteiger partial charge in [-0.05, 0) is 31.6 Å². The number of carbonyl (C=O) groups excluding carboxylic acids is 4. The summed E-state index contributed by atoms with van der Waals surface area (Å²) >= 11 is 0. The van der Waals surface area contributed by atoms with E-state index in [4.69, 9.17) is 37.0 Å². The Bertz CT molecular complexity index is 2100. The molecule has 0 radical (unpaired) electrons. The van der Waals surface area contributed by atoms with E-state index in [9.17, 15) is 43.2 Å². The van der Waals surface area contributed by atoms with E-state index in [1.54, 1.807) is 0 Å². The highest BCUT2D eigenvalue weighted by molar-refractivity contribution is 7.47. The van der Waals surface area contributed by atoms with Crippen molar-refractivity contribution in [3.8, 4) is 0 Å². The number of phosphoric acid groups is 2. The summed E-state index contributed by atoms with van der Waals surface area (Å²) in [6, 6.07) is 0. The van der Waals surface area contributed by atoms with Crippen molar-refractivity contribution in [2.45, 2.75) is 522 Å². The molecule has 111 heavy (non-hydrogen) atoms. The van der Waals surface area contributed by atoms with Crippen molar-refractivity contribution < 1.29 is 80.2 Å². The minimum Gasteiger partial charge on any atom is -0.462 e. The molecule has 0 spiro atoms. The van der Waals surface area contributed by atoms with Crippen LogP contribution in [0.5, 0.6) is 0 Å². The zero-order valence-electron chi connectivity index (χ0n) is 73.1. The number of hydrogen-bond acceptors (Lipinski definition) is 15. The summed E-state index contributed by atoms with van der Waals surface area (Å²) in [5.41, 5.74) is 0. The van der Waals surface area contributed by atoms with E-state index in [0.717, 1.165) is 102 Å². The average molecular weight is 1620 g/mol. The fraction of sp³-hybridized carbons (Fsp3) is 0.957. The van der Waals surface area contributed by atoms with Gasteiger partial charge in [0.05, 0.1) is 26.4 Å². The van der Waals surface area contributed by atoms with Crippen LogP contribution in [-0.2, 0) is 65.4 Å². The van der Waals surface area contributed by atoms with Gasteiger partial charge in [0.15, 0.2) is 12.2 Å². The number of phosphoric ester groups is 2. The average Bonchev–Trinajstić information content (AvgIpc) is 0.901. The molecular weight excluding hydrogens is 1440 g/mol. The van der Waals surface area contributed by atoms with Gasteiger partial charge in [0, 0.05) is 25.7 Å². The number of hydrogen-bond donors (Lipinski definition) is 3. The van der Waals surface area contributed by atoms with Gasteiger partial charge in [0.2, 0.25) is 0 Å². The van der Waals surface area contributed by atoms with E-state index in [-0.39, 0.29) is 25.7 Å². The molecular formula is C92H180O17P2. The SMILES string of the molecule is CCCCCCCCCCCCCCCCCCCCCCCC(=O)OC[C@H](COP(=O)(O)OC[C@@H](O)COP(=O)(O)OC[C@@H](COC(=O)CCCCCCCCC(C)CC)OC(=O)CCCCCCCCCCCCCCCCCCCCC)OC(=O)CCCCCCCCCCCCCCCCCCCCCCC. The molecule has 19 heteroatoms.